The third-order valence-electron chi connectivity index (χ3n) is 1.98. The van der Waals surface area contributed by atoms with Crippen LogP contribution >= 0.6 is 27.5 Å². The van der Waals surface area contributed by atoms with Crippen LogP contribution in [-0.4, -0.2) is 6.54 Å². The monoisotopic (exact) mass is 273 g/mol. The Bertz CT molecular complexity index is 336. The van der Waals surface area contributed by atoms with Crippen molar-refractivity contribution < 1.29 is 0 Å². The minimum atomic E-state index is 0.720. The van der Waals surface area contributed by atoms with Crippen molar-refractivity contribution in [3.63, 3.8) is 0 Å². The molecule has 0 saturated heterocycles. The van der Waals surface area contributed by atoms with Crippen molar-refractivity contribution in [1.82, 2.24) is 0 Å². The van der Waals surface area contributed by atoms with Crippen molar-refractivity contribution in [3.05, 3.63) is 39.8 Å². The van der Waals surface area contributed by atoms with Crippen molar-refractivity contribution in [3.8, 4) is 0 Å². The average Bonchev–Trinajstić information content (AvgIpc) is 2.20. The lowest BCUT2D eigenvalue weighted by Crippen LogP contribution is -2.03. The molecule has 0 heterocycles. The predicted octanol–water partition coefficient (Wildman–Crippen LogP) is 4.48. The normalized spacial score (nSPS) is 9.93. The summed E-state index contributed by atoms with van der Waals surface area (Å²) >= 11 is 9.38. The standard InChI is InChI=1S/C11H13BrClN/c1-3-8(2)7-14-10-6-4-5-9(13)11(10)12/h4-6,14H,2-3,7H2,1H3. The fourth-order valence-electron chi connectivity index (χ4n) is 0.986. The number of rotatable bonds is 4. The maximum atomic E-state index is 5.95. The lowest BCUT2D eigenvalue weighted by molar-refractivity contribution is 1.05. The number of anilines is 1. The van der Waals surface area contributed by atoms with Crippen LogP contribution in [0.4, 0.5) is 5.69 Å². The molecule has 1 nitrogen and oxygen atoms in total. The molecule has 0 saturated carbocycles. The van der Waals surface area contributed by atoms with Crippen molar-refractivity contribution in [2.24, 2.45) is 0 Å². The maximum absolute atomic E-state index is 5.95. The molecule has 0 aliphatic carbocycles. The topological polar surface area (TPSA) is 12.0 Å². The van der Waals surface area contributed by atoms with E-state index in [2.05, 4.69) is 34.7 Å². The van der Waals surface area contributed by atoms with E-state index in [1.54, 1.807) is 0 Å². The molecule has 0 aliphatic rings. The van der Waals surface area contributed by atoms with Gasteiger partial charge in [-0.15, -0.1) is 0 Å². The summed E-state index contributed by atoms with van der Waals surface area (Å²) in [7, 11) is 0. The van der Waals surface area contributed by atoms with Gasteiger partial charge in [-0.05, 0) is 34.5 Å². The zero-order chi connectivity index (χ0) is 10.6. The molecule has 1 aromatic rings. The SMILES string of the molecule is C=C(CC)CNc1cccc(Cl)c1Br. The predicted molar refractivity (Wildman–Crippen MR) is 67.1 cm³/mol. The van der Waals surface area contributed by atoms with Gasteiger partial charge in [-0.25, -0.2) is 0 Å². The first kappa shape index (κ1) is 11.6. The number of hydrogen-bond donors (Lipinski definition) is 1. The van der Waals surface area contributed by atoms with Crippen molar-refractivity contribution >= 4 is 33.2 Å². The largest absolute Gasteiger partial charge is 0.380 e. The minimum absolute atomic E-state index is 0.720. The molecule has 0 radical (unpaired) electrons. The summed E-state index contributed by atoms with van der Waals surface area (Å²) in [6.07, 6.45) is 0.991. The van der Waals surface area contributed by atoms with E-state index in [1.165, 1.54) is 5.57 Å². The highest BCUT2D eigenvalue weighted by atomic mass is 79.9. The van der Waals surface area contributed by atoms with Gasteiger partial charge in [0.2, 0.25) is 0 Å². The molecular weight excluding hydrogens is 261 g/mol. The smallest absolute Gasteiger partial charge is 0.0593 e. The molecule has 0 aliphatic heterocycles. The second-order valence-corrected chi connectivity index (χ2v) is 4.26. The van der Waals surface area contributed by atoms with Crippen LogP contribution in [-0.2, 0) is 0 Å². The quantitative estimate of drug-likeness (QED) is 0.798. The van der Waals surface area contributed by atoms with Gasteiger partial charge in [0.1, 0.15) is 0 Å². The van der Waals surface area contributed by atoms with Gasteiger partial charge < -0.3 is 5.32 Å². The first-order valence-electron chi connectivity index (χ1n) is 4.49. The molecule has 0 amide bonds. The molecule has 0 unspecified atom stereocenters. The summed E-state index contributed by atoms with van der Waals surface area (Å²) in [4.78, 5) is 0. The van der Waals surface area contributed by atoms with Gasteiger partial charge in [0.15, 0.2) is 0 Å². The Morgan fingerprint density at radius 2 is 2.29 bits per heavy atom. The molecule has 14 heavy (non-hydrogen) atoms. The molecule has 1 N–H and O–H groups in total. The first-order chi connectivity index (χ1) is 6.65. The molecule has 0 fully saturated rings. The van der Waals surface area contributed by atoms with Gasteiger partial charge in [0, 0.05) is 6.54 Å². The Morgan fingerprint density at radius 3 is 2.93 bits per heavy atom. The third kappa shape index (κ3) is 3.03. The Morgan fingerprint density at radius 1 is 1.57 bits per heavy atom. The van der Waals surface area contributed by atoms with Crippen LogP contribution in [0.25, 0.3) is 0 Å². The van der Waals surface area contributed by atoms with Crippen LogP contribution < -0.4 is 5.32 Å². The molecule has 1 aromatic carbocycles. The van der Waals surface area contributed by atoms with Crippen molar-refractivity contribution in [2.75, 3.05) is 11.9 Å². The summed E-state index contributed by atoms with van der Waals surface area (Å²) < 4.78 is 0.908. The molecule has 0 bridgehead atoms. The highest BCUT2D eigenvalue weighted by molar-refractivity contribution is 9.10. The lowest BCUT2D eigenvalue weighted by atomic mass is 10.2. The van der Waals surface area contributed by atoms with Gasteiger partial charge in [-0.2, -0.15) is 0 Å². The van der Waals surface area contributed by atoms with Gasteiger partial charge in [0.25, 0.3) is 0 Å². The Labute approximate surface area is 98.3 Å². The number of hydrogen-bond acceptors (Lipinski definition) is 1. The average molecular weight is 275 g/mol. The number of halogens is 2. The molecule has 76 valence electrons. The Kier molecular flexibility index (Phi) is 4.49. The molecular formula is C11H13BrClN. The molecule has 0 spiro atoms. The number of benzene rings is 1. The van der Waals surface area contributed by atoms with Crippen molar-refractivity contribution in [2.45, 2.75) is 13.3 Å². The van der Waals surface area contributed by atoms with E-state index in [0.717, 1.165) is 28.1 Å². The third-order valence-corrected chi connectivity index (χ3v) is 3.38. The van der Waals surface area contributed by atoms with Crippen LogP contribution in [0.5, 0.6) is 0 Å². The van der Waals surface area contributed by atoms with Crippen LogP contribution in [0.3, 0.4) is 0 Å². The number of nitrogens with one attached hydrogen (secondary N) is 1. The van der Waals surface area contributed by atoms with E-state index in [-0.39, 0.29) is 0 Å². The zero-order valence-corrected chi connectivity index (χ0v) is 10.5. The summed E-state index contributed by atoms with van der Waals surface area (Å²) in [6, 6.07) is 5.76. The van der Waals surface area contributed by atoms with E-state index >= 15 is 0 Å². The fourth-order valence-corrected chi connectivity index (χ4v) is 1.56. The summed E-state index contributed by atoms with van der Waals surface area (Å²) in [6.45, 7) is 6.81. The molecule has 0 aromatic heterocycles. The molecule has 1 rings (SSSR count). The zero-order valence-electron chi connectivity index (χ0n) is 8.11. The minimum Gasteiger partial charge on any atom is -0.380 e. The Hall–Kier alpha value is -0.470. The Balaban J connectivity index is 2.68. The second-order valence-electron chi connectivity index (χ2n) is 3.06. The van der Waals surface area contributed by atoms with E-state index in [1.807, 2.05) is 18.2 Å². The maximum Gasteiger partial charge on any atom is 0.0593 e. The van der Waals surface area contributed by atoms with Crippen LogP contribution in [0, 0.1) is 0 Å². The highest BCUT2D eigenvalue weighted by Gasteiger charge is 2.02. The summed E-state index contributed by atoms with van der Waals surface area (Å²) in [5, 5.41) is 3.99. The van der Waals surface area contributed by atoms with E-state index in [0.29, 0.717) is 0 Å². The fraction of sp³-hybridized carbons (Fsp3) is 0.273. The van der Waals surface area contributed by atoms with Gasteiger partial charge in [0.05, 0.1) is 15.2 Å². The van der Waals surface area contributed by atoms with E-state index < -0.39 is 0 Å². The van der Waals surface area contributed by atoms with Gasteiger partial charge in [-0.1, -0.05) is 36.7 Å². The van der Waals surface area contributed by atoms with Crippen LogP contribution in [0.1, 0.15) is 13.3 Å². The lowest BCUT2D eigenvalue weighted by Gasteiger charge is -2.09. The van der Waals surface area contributed by atoms with E-state index in [9.17, 15) is 0 Å². The van der Waals surface area contributed by atoms with Crippen LogP contribution in [0.2, 0.25) is 5.02 Å². The molecule has 3 heteroatoms. The highest BCUT2D eigenvalue weighted by Crippen LogP contribution is 2.29. The van der Waals surface area contributed by atoms with E-state index in [4.69, 9.17) is 11.6 Å². The van der Waals surface area contributed by atoms with Crippen LogP contribution in [0.15, 0.2) is 34.8 Å². The van der Waals surface area contributed by atoms with Gasteiger partial charge >= 0.3 is 0 Å². The van der Waals surface area contributed by atoms with Gasteiger partial charge in [-0.3, -0.25) is 0 Å². The second kappa shape index (κ2) is 5.42. The van der Waals surface area contributed by atoms with Crippen molar-refractivity contribution in [1.29, 1.82) is 0 Å². The summed E-state index contributed by atoms with van der Waals surface area (Å²) in [5.41, 5.74) is 2.18. The molecule has 0 atom stereocenters. The first-order valence-corrected chi connectivity index (χ1v) is 5.66. The summed E-state index contributed by atoms with van der Waals surface area (Å²) in [5.74, 6) is 0.